The van der Waals surface area contributed by atoms with Crippen molar-refractivity contribution in [2.24, 2.45) is 5.92 Å². The second kappa shape index (κ2) is 7.26. The summed E-state index contributed by atoms with van der Waals surface area (Å²) in [5.74, 6) is 1.85. The molecule has 0 bridgehead atoms. The van der Waals surface area contributed by atoms with Gasteiger partial charge in [-0.05, 0) is 25.7 Å². The maximum Gasteiger partial charge on any atom is 0.323 e. The average Bonchev–Trinajstić information content (AvgIpc) is 2.48. The number of anilines is 2. The molecule has 0 radical (unpaired) electrons. The number of nitrogens with one attached hydrogen (secondary N) is 2. The topological polar surface area (TPSA) is 72.0 Å². The summed E-state index contributed by atoms with van der Waals surface area (Å²) in [7, 11) is 1.80. The lowest BCUT2D eigenvalue weighted by Crippen LogP contribution is -2.32. The van der Waals surface area contributed by atoms with Gasteiger partial charge in [0.25, 0.3) is 0 Å². The molecule has 0 spiro atoms. The highest BCUT2D eigenvalue weighted by molar-refractivity contribution is 5.36. The monoisotopic (exact) mass is 279 g/mol. The lowest BCUT2D eigenvalue weighted by atomic mass is 9.83. The predicted octanol–water partition coefficient (Wildman–Crippen LogP) is 2.69. The van der Waals surface area contributed by atoms with Crippen LogP contribution in [0.2, 0.25) is 0 Å². The van der Waals surface area contributed by atoms with Crippen molar-refractivity contribution in [1.29, 1.82) is 0 Å². The van der Waals surface area contributed by atoms with Crippen LogP contribution < -0.4 is 15.4 Å². The summed E-state index contributed by atoms with van der Waals surface area (Å²) >= 11 is 0. The molecule has 1 saturated carbocycles. The van der Waals surface area contributed by atoms with Gasteiger partial charge in [0.05, 0.1) is 6.61 Å². The summed E-state index contributed by atoms with van der Waals surface area (Å²) in [5.41, 5.74) is 0. The Morgan fingerprint density at radius 2 is 1.85 bits per heavy atom. The van der Waals surface area contributed by atoms with Crippen molar-refractivity contribution < 1.29 is 4.74 Å². The number of hydrogen-bond acceptors (Lipinski definition) is 6. The third kappa shape index (κ3) is 3.71. The van der Waals surface area contributed by atoms with E-state index in [9.17, 15) is 0 Å². The first-order valence-electron chi connectivity index (χ1n) is 7.60. The molecule has 0 aromatic carbocycles. The van der Waals surface area contributed by atoms with Crippen LogP contribution in [0.25, 0.3) is 0 Å². The molecule has 1 aromatic heterocycles. The highest BCUT2D eigenvalue weighted by Gasteiger charge is 2.24. The first-order chi connectivity index (χ1) is 9.76. The summed E-state index contributed by atoms with van der Waals surface area (Å²) in [6.45, 7) is 4.72. The summed E-state index contributed by atoms with van der Waals surface area (Å²) in [5, 5.41) is 6.42. The molecule has 1 heterocycles. The predicted molar refractivity (Wildman–Crippen MR) is 80.2 cm³/mol. The molecule has 1 aliphatic carbocycles. The quantitative estimate of drug-likeness (QED) is 0.834. The lowest BCUT2D eigenvalue weighted by Gasteiger charge is -2.31. The Bertz CT molecular complexity index is 426. The second-order valence-electron chi connectivity index (χ2n) is 5.15. The maximum absolute atomic E-state index is 5.39. The van der Waals surface area contributed by atoms with Crippen molar-refractivity contribution in [3.05, 3.63) is 0 Å². The Balaban J connectivity index is 2.12. The summed E-state index contributed by atoms with van der Waals surface area (Å²) in [6, 6.07) is 0.827. The molecule has 1 aromatic rings. The molecule has 1 fully saturated rings. The van der Waals surface area contributed by atoms with Crippen LogP contribution in [0.5, 0.6) is 6.01 Å². The van der Waals surface area contributed by atoms with Gasteiger partial charge in [-0.1, -0.05) is 26.2 Å². The highest BCUT2D eigenvalue weighted by atomic mass is 16.5. The van der Waals surface area contributed by atoms with E-state index >= 15 is 0 Å². The third-order valence-corrected chi connectivity index (χ3v) is 3.86. The number of hydrogen-bond donors (Lipinski definition) is 2. The third-order valence-electron chi connectivity index (χ3n) is 3.86. The molecule has 1 aliphatic rings. The van der Waals surface area contributed by atoms with E-state index in [1.165, 1.54) is 32.1 Å². The van der Waals surface area contributed by atoms with Crippen LogP contribution in [-0.4, -0.2) is 34.6 Å². The normalized spacial score (nSPS) is 22.4. The Morgan fingerprint density at radius 3 is 2.55 bits per heavy atom. The summed E-state index contributed by atoms with van der Waals surface area (Å²) in [6.07, 6.45) is 6.27. The van der Waals surface area contributed by atoms with Crippen molar-refractivity contribution >= 4 is 11.9 Å². The summed E-state index contributed by atoms with van der Waals surface area (Å²) < 4.78 is 5.39. The minimum absolute atomic E-state index is 0.373. The van der Waals surface area contributed by atoms with E-state index in [4.69, 9.17) is 4.74 Å². The molecule has 6 heteroatoms. The standard InChI is InChI=1S/C14H25N5O/c1-4-10-8-6-7-9-11(10)16-13-17-12(15-3)18-14(19-13)20-5-2/h10-11H,4-9H2,1-3H3,(H2,15,16,17,18,19). The number of aromatic nitrogens is 3. The molecule has 2 unspecified atom stereocenters. The van der Waals surface area contributed by atoms with E-state index in [1.54, 1.807) is 7.05 Å². The Hall–Kier alpha value is -1.59. The molecule has 20 heavy (non-hydrogen) atoms. The van der Waals surface area contributed by atoms with Crippen LogP contribution in [-0.2, 0) is 0 Å². The summed E-state index contributed by atoms with van der Waals surface area (Å²) in [4.78, 5) is 12.9. The van der Waals surface area contributed by atoms with Gasteiger partial charge in [0, 0.05) is 13.1 Å². The smallest absolute Gasteiger partial charge is 0.323 e. The van der Waals surface area contributed by atoms with Crippen molar-refractivity contribution in [3.8, 4) is 6.01 Å². The molecular formula is C14H25N5O. The number of ether oxygens (including phenoxy) is 1. The van der Waals surface area contributed by atoms with Gasteiger partial charge in [-0.2, -0.15) is 15.0 Å². The van der Waals surface area contributed by atoms with E-state index in [2.05, 4.69) is 32.5 Å². The number of nitrogens with zero attached hydrogens (tertiary/aromatic N) is 3. The highest BCUT2D eigenvalue weighted by Crippen LogP contribution is 2.29. The molecule has 112 valence electrons. The van der Waals surface area contributed by atoms with Gasteiger partial charge in [0.1, 0.15) is 0 Å². The van der Waals surface area contributed by atoms with Crippen LogP contribution in [0.1, 0.15) is 46.0 Å². The molecule has 2 N–H and O–H groups in total. The minimum atomic E-state index is 0.373. The molecular weight excluding hydrogens is 254 g/mol. The fourth-order valence-corrected chi connectivity index (χ4v) is 2.78. The minimum Gasteiger partial charge on any atom is -0.464 e. The molecule has 0 aliphatic heterocycles. The van der Waals surface area contributed by atoms with Gasteiger partial charge in [0.2, 0.25) is 11.9 Å². The zero-order chi connectivity index (χ0) is 14.4. The van der Waals surface area contributed by atoms with Gasteiger partial charge in [-0.25, -0.2) is 0 Å². The molecule has 0 amide bonds. The largest absolute Gasteiger partial charge is 0.464 e. The van der Waals surface area contributed by atoms with Crippen molar-refractivity contribution in [1.82, 2.24) is 15.0 Å². The SMILES string of the molecule is CCOc1nc(NC)nc(NC2CCCCC2CC)n1. The van der Waals surface area contributed by atoms with E-state index in [0.717, 1.165) is 0 Å². The maximum atomic E-state index is 5.39. The van der Waals surface area contributed by atoms with E-state index in [0.29, 0.717) is 36.5 Å². The molecule has 2 rings (SSSR count). The van der Waals surface area contributed by atoms with E-state index < -0.39 is 0 Å². The van der Waals surface area contributed by atoms with Crippen LogP contribution in [0, 0.1) is 5.92 Å². The van der Waals surface area contributed by atoms with Gasteiger partial charge >= 0.3 is 6.01 Å². The molecule has 2 atom stereocenters. The second-order valence-corrected chi connectivity index (χ2v) is 5.15. The van der Waals surface area contributed by atoms with Crippen molar-refractivity contribution in [3.63, 3.8) is 0 Å². The fourth-order valence-electron chi connectivity index (χ4n) is 2.78. The van der Waals surface area contributed by atoms with Crippen LogP contribution in [0.4, 0.5) is 11.9 Å². The zero-order valence-electron chi connectivity index (χ0n) is 12.6. The van der Waals surface area contributed by atoms with Gasteiger partial charge in [0.15, 0.2) is 0 Å². The Labute approximate surface area is 120 Å². The van der Waals surface area contributed by atoms with Gasteiger partial charge in [-0.3, -0.25) is 0 Å². The van der Waals surface area contributed by atoms with Crippen LogP contribution >= 0.6 is 0 Å². The fraction of sp³-hybridized carbons (Fsp3) is 0.786. The average molecular weight is 279 g/mol. The molecule has 0 saturated heterocycles. The van der Waals surface area contributed by atoms with Crippen LogP contribution in [0.15, 0.2) is 0 Å². The zero-order valence-corrected chi connectivity index (χ0v) is 12.6. The Kier molecular flexibility index (Phi) is 5.38. The number of rotatable bonds is 6. The van der Waals surface area contributed by atoms with Gasteiger partial charge < -0.3 is 15.4 Å². The van der Waals surface area contributed by atoms with Crippen molar-refractivity contribution in [2.75, 3.05) is 24.3 Å². The Morgan fingerprint density at radius 1 is 1.10 bits per heavy atom. The first-order valence-corrected chi connectivity index (χ1v) is 7.60. The van der Waals surface area contributed by atoms with Gasteiger partial charge in [-0.15, -0.1) is 0 Å². The van der Waals surface area contributed by atoms with Crippen molar-refractivity contribution in [2.45, 2.75) is 52.0 Å². The van der Waals surface area contributed by atoms with E-state index in [-0.39, 0.29) is 0 Å². The first kappa shape index (κ1) is 14.8. The lowest BCUT2D eigenvalue weighted by molar-refractivity contribution is 0.307. The van der Waals surface area contributed by atoms with E-state index in [1.807, 2.05) is 6.92 Å². The van der Waals surface area contributed by atoms with Crippen LogP contribution in [0.3, 0.4) is 0 Å². The molecule has 6 nitrogen and oxygen atoms in total.